The summed E-state index contributed by atoms with van der Waals surface area (Å²) in [4.78, 5) is 26.6. The summed E-state index contributed by atoms with van der Waals surface area (Å²) in [6, 6.07) is 1.85. The third kappa shape index (κ3) is 4.39. The summed E-state index contributed by atoms with van der Waals surface area (Å²) in [6.07, 6.45) is 1.26. The molecule has 2 saturated heterocycles. The Labute approximate surface area is 161 Å². The number of likely N-dealkylation sites (N-methyl/N-ethyl adjacent to an activating group) is 1. The van der Waals surface area contributed by atoms with Crippen LogP contribution in [-0.4, -0.2) is 47.5 Å². The largest absolute Gasteiger partial charge is 0.349 e. The minimum Gasteiger partial charge on any atom is -0.349 e. The van der Waals surface area contributed by atoms with Crippen molar-refractivity contribution in [3.05, 3.63) is 35.4 Å². The number of piperazine rings is 1. The normalized spacial score (nSPS) is 29.2. The molecular formula is C18H23ClF2N4O2. The molecule has 148 valence electrons. The third-order valence-electron chi connectivity index (χ3n) is 5.18. The molecule has 2 aliphatic rings. The number of halogens is 3. The van der Waals surface area contributed by atoms with E-state index < -0.39 is 29.6 Å². The van der Waals surface area contributed by atoms with E-state index in [1.165, 1.54) is 6.07 Å². The number of fused-ring (bicyclic) bond motifs is 1. The molecular weight excluding hydrogens is 378 g/mol. The SMILES string of the molecule is C[C@H](NC(=O)C[C@@H]1NC2NC(Cl)CCC2N(C)C1=O)c1ccc(F)cc1F. The molecule has 2 heterocycles. The number of carbonyl (C=O) groups excluding carboxylic acids is 2. The van der Waals surface area contributed by atoms with Gasteiger partial charge < -0.3 is 10.2 Å². The highest BCUT2D eigenvalue weighted by molar-refractivity contribution is 6.20. The predicted molar refractivity (Wildman–Crippen MR) is 96.8 cm³/mol. The molecule has 3 N–H and O–H groups in total. The lowest BCUT2D eigenvalue weighted by Gasteiger charge is -2.47. The summed E-state index contributed by atoms with van der Waals surface area (Å²) < 4.78 is 26.9. The molecule has 2 aliphatic heterocycles. The van der Waals surface area contributed by atoms with Crippen molar-refractivity contribution in [2.24, 2.45) is 0 Å². The number of hydrogen-bond acceptors (Lipinski definition) is 4. The monoisotopic (exact) mass is 400 g/mol. The Morgan fingerprint density at radius 2 is 2.11 bits per heavy atom. The molecule has 3 rings (SSSR count). The Morgan fingerprint density at radius 3 is 2.81 bits per heavy atom. The van der Waals surface area contributed by atoms with E-state index in [-0.39, 0.29) is 35.6 Å². The number of hydrogen-bond donors (Lipinski definition) is 3. The van der Waals surface area contributed by atoms with Gasteiger partial charge in [-0.15, -0.1) is 11.6 Å². The highest BCUT2D eigenvalue weighted by Crippen LogP contribution is 2.24. The van der Waals surface area contributed by atoms with Crippen molar-refractivity contribution in [3.63, 3.8) is 0 Å². The Kier molecular flexibility index (Phi) is 5.98. The van der Waals surface area contributed by atoms with Crippen LogP contribution in [0.15, 0.2) is 18.2 Å². The molecule has 0 radical (unpaired) electrons. The van der Waals surface area contributed by atoms with Crippen molar-refractivity contribution >= 4 is 23.4 Å². The van der Waals surface area contributed by atoms with E-state index >= 15 is 0 Å². The van der Waals surface area contributed by atoms with Crippen molar-refractivity contribution in [2.75, 3.05) is 7.05 Å². The van der Waals surface area contributed by atoms with Crippen LogP contribution in [-0.2, 0) is 9.59 Å². The first-order chi connectivity index (χ1) is 12.8. The van der Waals surface area contributed by atoms with E-state index in [1.54, 1.807) is 18.9 Å². The fraction of sp³-hybridized carbons (Fsp3) is 0.556. The summed E-state index contributed by atoms with van der Waals surface area (Å²) in [7, 11) is 1.72. The number of rotatable bonds is 4. The van der Waals surface area contributed by atoms with E-state index in [4.69, 9.17) is 11.6 Å². The second-order valence-corrected chi connectivity index (χ2v) is 7.61. The Hall–Kier alpha value is -1.77. The fourth-order valence-corrected chi connectivity index (χ4v) is 3.97. The predicted octanol–water partition coefficient (Wildman–Crippen LogP) is 1.61. The molecule has 0 saturated carbocycles. The van der Waals surface area contributed by atoms with Gasteiger partial charge in [-0.1, -0.05) is 6.07 Å². The lowest BCUT2D eigenvalue weighted by molar-refractivity contribution is -0.143. The average molecular weight is 401 g/mol. The minimum atomic E-state index is -0.725. The van der Waals surface area contributed by atoms with Crippen LogP contribution in [0.3, 0.4) is 0 Å². The maximum absolute atomic E-state index is 13.9. The van der Waals surface area contributed by atoms with Gasteiger partial charge in [0.05, 0.1) is 36.2 Å². The van der Waals surface area contributed by atoms with E-state index in [1.807, 2.05) is 0 Å². The van der Waals surface area contributed by atoms with Gasteiger partial charge in [-0.3, -0.25) is 20.2 Å². The second-order valence-electron chi connectivity index (χ2n) is 7.08. The van der Waals surface area contributed by atoms with Crippen LogP contribution in [0.5, 0.6) is 0 Å². The van der Waals surface area contributed by atoms with Crippen LogP contribution < -0.4 is 16.0 Å². The van der Waals surface area contributed by atoms with Crippen molar-refractivity contribution in [1.82, 2.24) is 20.9 Å². The lowest BCUT2D eigenvalue weighted by atomic mass is 9.96. The van der Waals surface area contributed by atoms with Gasteiger partial charge in [0.25, 0.3) is 0 Å². The van der Waals surface area contributed by atoms with Gasteiger partial charge in [-0.05, 0) is 25.8 Å². The summed E-state index contributed by atoms with van der Waals surface area (Å²) in [5, 5.41) is 9.01. The van der Waals surface area contributed by atoms with Crippen molar-refractivity contribution in [1.29, 1.82) is 0 Å². The van der Waals surface area contributed by atoms with Crippen molar-refractivity contribution < 1.29 is 18.4 Å². The molecule has 9 heteroatoms. The average Bonchev–Trinajstić information content (AvgIpc) is 2.59. The van der Waals surface area contributed by atoms with Gasteiger partial charge >= 0.3 is 0 Å². The maximum Gasteiger partial charge on any atom is 0.240 e. The Bertz CT molecular complexity index is 735. The summed E-state index contributed by atoms with van der Waals surface area (Å²) in [6.45, 7) is 1.60. The van der Waals surface area contributed by atoms with Crippen molar-refractivity contribution in [3.8, 4) is 0 Å². The van der Waals surface area contributed by atoms with Gasteiger partial charge in [0.2, 0.25) is 11.8 Å². The first-order valence-corrected chi connectivity index (χ1v) is 9.37. The molecule has 0 spiro atoms. The Morgan fingerprint density at radius 1 is 1.37 bits per heavy atom. The van der Waals surface area contributed by atoms with E-state index in [9.17, 15) is 18.4 Å². The van der Waals surface area contributed by atoms with Crippen LogP contribution in [0, 0.1) is 11.6 Å². The number of nitrogens with one attached hydrogen (secondary N) is 3. The molecule has 1 aromatic carbocycles. The number of piperidine rings is 1. The van der Waals surface area contributed by atoms with Crippen LogP contribution in [0.1, 0.15) is 37.8 Å². The topological polar surface area (TPSA) is 73.5 Å². The molecule has 1 aromatic rings. The molecule has 0 aliphatic carbocycles. The standard InChI is InChI=1S/C18H23ClF2N4O2/c1-9(11-4-3-10(20)7-12(11)21)22-16(26)8-13-18(27)25(2)14-5-6-15(19)24-17(14)23-13/h3-4,7,9,13-15,17,23-24H,5-6,8H2,1-2H3,(H,22,26)/t9-,13-,14?,15?,17?/m0/s1. The number of nitrogens with zero attached hydrogens (tertiary/aromatic N) is 1. The zero-order chi connectivity index (χ0) is 19.7. The van der Waals surface area contributed by atoms with Gasteiger partial charge in [-0.2, -0.15) is 0 Å². The second kappa shape index (κ2) is 8.08. The summed E-state index contributed by atoms with van der Waals surface area (Å²) >= 11 is 6.14. The van der Waals surface area contributed by atoms with Gasteiger partial charge in [-0.25, -0.2) is 8.78 Å². The first kappa shape index (κ1) is 20.0. The smallest absolute Gasteiger partial charge is 0.240 e. The van der Waals surface area contributed by atoms with E-state index in [0.29, 0.717) is 0 Å². The molecule has 5 atom stereocenters. The molecule has 27 heavy (non-hydrogen) atoms. The quantitative estimate of drug-likeness (QED) is 0.530. The molecule has 0 aromatic heterocycles. The van der Waals surface area contributed by atoms with Gasteiger partial charge in [0.15, 0.2) is 0 Å². The van der Waals surface area contributed by atoms with E-state index in [0.717, 1.165) is 25.0 Å². The van der Waals surface area contributed by atoms with Gasteiger partial charge in [0, 0.05) is 18.7 Å². The minimum absolute atomic E-state index is 0.0148. The van der Waals surface area contributed by atoms with Crippen LogP contribution in [0.25, 0.3) is 0 Å². The Balaban J connectivity index is 1.62. The molecule has 2 fully saturated rings. The molecule has 6 nitrogen and oxygen atoms in total. The van der Waals surface area contributed by atoms with Crippen molar-refractivity contribution in [2.45, 2.75) is 56.0 Å². The number of carbonyl (C=O) groups is 2. The summed E-state index contributed by atoms with van der Waals surface area (Å²) in [5.41, 5.74) is 0.0000862. The highest BCUT2D eigenvalue weighted by Gasteiger charge is 2.42. The summed E-state index contributed by atoms with van der Waals surface area (Å²) in [5.74, 6) is -1.97. The molecule has 2 amide bonds. The zero-order valence-corrected chi connectivity index (χ0v) is 15.9. The third-order valence-corrected chi connectivity index (χ3v) is 5.53. The number of alkyl halides is 1. The number of amides is 2. The highest BCUT2D eigenvalue weighted by atomic mass is 35.5. The van der Waals surface area contributed by atoms with Crippen LogP contribution in [0.4, 0.5) is 8.78 Å². The molecule has 0 bridgehead atoms. The van der Waals surface area contributed by atoms with Gasteiger partial charge in [0.1, 0.15) is 11.6 Å². The fourth-order valence-electron chi connectivity index (χ4n) is 3.71. The first-order valence-electron chi connectivity index (χ1n) is 8.93. The zero-order valence-electron chi connectivity index (χ0n) is 15.1. The molecule has 3 unspecified atom stereocenters. The number of benzene rings is 1. The van der Waals surface area contributed by atoms with E-state index in [2.05, 4.69) is 16.0 Å². The maximum atomic E-state index is 13.9. The lowest BCUT2D eigenvalue weighted by Crippen LogP contribution is -2.71. The van der Waals surface area contributed by atoms with Crippen LogP contribution in [0.2, 0.25) is 0 Å². The van der Waals surface area contributed by atoms with Crippen LogP contribution >= 0.6 is 11.6 Å².